The van der Waals surface area contributed by atoms with Crippen LogP contribution in [-0.2, 0) is 32.6 Å². The lowest BCUT2D eigenvalue weighted by atomic mass is 10.0. The topological polar surface area (TPSA) is 105 Å². The zero-order valence-electron chi connectivity index (χ0n) is 26.0. The fourth-order valence-corrected chi connectivity index (χ4v) is 6.40. The summed E-state index contributed by atoms with van der Waals surface area (Å²) in [5.41, 5.74) is 2.91. The highest BCUT2D eigenvalue weighted by Gasteiger charge is 2.34. The van der Waals surface area contributed by atoms with Crippen LogP contribution in [0.2, 0.25) is 0 Å². The molecule has 4 aromatic carbocycles. The van der Waals surface area contributed by atoms with Crippen LogP contribution in [0, 0.1) is 6.92 Å². The third-order valence-corrected chi connectivity index (χ3v) is 9.13. The van der Waals surface area contributed by atoms with Gasteiger partial charge in [-0.3, -0.25) is 13.9 Å². The number of methoxy groups -OCH3 is 2. The Balaban J connectivity index is 1.80. The number of ether oxygens (including phenoxy) is 2. The second kappa shape index (κ2) is 15.3. The molecular formula is C35H39N3O6S. The molecule has 0 aliphatic carbocycles. The Bertz CT molecular complexity index is 1680. The number of carbonyl (C=O) groups is 2. The van der Waals surface area contributed by atoms with Crippen LogP contribution in [0.1, 0.15) is 23.6 Å². The second-order valence-electron chi connectivity index (χ2n) is 10.5. The number of carbonyl (C=O) groups excluding carboxylic acids is 2. The van der Waals surface area contributed by atoms with E-state index in [-0.39, 0.29) is 29.5 Å². The highest BCUT2D eigenvalue weighted by atomic mass is 32.2. The first-order valence-corrected chi connectivity index (χ1v) is 16.1. The van der Waals surface area contributed by atoms with Gasteiger partial charge in [0.1, 0.15) is 12.6 Å². The lowest BCUT2D eigenvalue weighted by Gasteiger charge is -2.34. The average Bonchev–Trinajstić information content (AvgIpc) is 3.06. The van der Waals surface area contributed by atoms with Crippen molar-refractivity contribution in [3.63, 3.8) is 0 Å². The van der Waals surface area contributed by atoms with Crippen LogP contribution in [0.3, 0.4) is 0 Å². The predicted molar refractivity (Wildman–Crippen MR) is 175 cm³/mol. The number of nitrogens with one attached hydrogen (secondary N) is 1. The van der Waals surface area contributed by atoms with E-state index in [9.17, 15) is 18.0 Å². The van der Waals surface area contributed by atoms with Gasteiger partial charge in [0.25, 0.3) is 10.0 Å². The number of amides is 2. The van der Waals surface area contributed by atoms with E-state index in [4.69, 9.17) is 9.47 Å². The zero-order chi connectivity index (χ0) is 32.4. The van der Waals surface area contributed by atoms with Crippen LogP contribution in [0.15, 0.2) is 108 Å². The monoisotopic (exact) mass is 629 g/mol. The van der Waals surface area contributed by atoms with Crippen molar-refractivity contribution in [1.29, 1.82) is 0 Å². The van der Waals surface area contributed by atoms with Gasteiger partial charge < -0.3 is 19.7 Å². The minimum atomic E-state index is -4.29. The van der Waals surface area contributed by atoms with Gasteiger partial charge in [0.05, 0.1) is 24.8 Å². The van der Waals surface area contributed by atoms with Gasteiger partial charge in [0.2, 0.25) is 11.8 Å². The van der Waals surface area contributed by atoms with Gasteiger partial charge in [0, 0.05) is 25.6 Å². The molecule has 0 unspecified atom stereocenters. The molecule has 0 aliphatic rings. The number of likely N-dealkylation sites (N-methyl/N-ethyl adjacent to an activating group) is 1. The smallest absolute Gasteiger partial charge is 0.264 e. The summed E-state index contributed by atoms with van der Waals surface area (Å²) in [5, 5.41) is 2.87. The lowest BCUT2D eigenvalue weighted by molar-refractivity contribution is -0.140. The van der Waals surface area contributed by atoms with Crippen molar-refractivity contribution in [2.45, 2.75) is 37.8 Å². The van der Waals surface area contributed by atoms with Gasteiger partial charge in [-0.2, -0.15) is 0 Å². The van der Waals surface area contributed by atoms with Crippen LogP contribution in [0.25, 0.3) is 0 Å². The number of rotatable bonds is 14. The first-order valence-electron chi connectivity index (χ1n) is 14.6. The third-order valence-electron chi connectivity index (χ3n) is 7.36. The molecule has 10 heteroatoms. The quantitative estimate of drug-likeness (QED) is 0.211. The van der Waals surface area contributed by atoms with E-state index in [1.165, 1.54) is 37.3 Å². The largest absolute Gasteiger partial charge is 0.493 e. The number of aryl methyl sites for hydroxylation is 1. The normalized spacial score (nSPS) is 11.7. The van der Waals surface area contributed by atoms with Crippen LogP contribution in [-0.4, -0.2) is 58.5 Å². The number of nitrogens with zero attached hydrogens (tertiary/aromatic N) is 2. The van der Waals surface area contributed by atoms with Crippen molar-refractivity contribution in [3.8, 4) is 11.5 Å². The zero-order valence-corrected chi connectivity index (χ0v) is 26.8. The van der Waals surface area contributed by atoms with Crippen molar-refractivity contribution in [1.82, 2.24) is 10.2 Å². The van der Waals surface area contributed by atoms with Gasteiger partial charge in [-0.25, -0.2) is 8.42 Å². The number of hydrogen-bond acceptors (Lipinski definition) is 6. The van der Waals surface area contributed by atoms with Crippen molar-refractivity contribution in [3.05, 3.63) is 120 Å². The van der Waals surface area contributed by atoms with Gasteiger partial charge in [0.15, 0.2) is 11.5 Å². The molecular weight excluding hydrogens is 590 g/mol. The maximum atomic E-state index is 14.4. The van der Waals surface area contributed by atoms with Crippen LogP contribution in [0.4, 0.5) is 5.69 Å². The van der Waals surface area contributed by atoms with Gasteiger partial charge in [-0.05, 0) is 49.2 Å². The SMILES string of the molecule is CCNC(=O)[C@@H](Cc1ccccc1)N(Cc1ccccc1)C(=O)CN(c1ccc(C)cc1)S(=O)(=O)c1ccc(OC)c(OC)c1. The molecule has 1 N–H and O–H groups in total. The molecule has 4 aromatic rings. The summed E-state index contributed by atoms with van der Waals surface area (Å²) < 4.78 is 40.3. The number of anilines is 1. The second-order valence-corrected chi connectivity index (χ2v) is 12.3. The molecule has 0 aromatic heterocycles. The van der Waals surface area contributed by atoms with Crippen molar-refractivity contribution in [2.24, 2.45) is 0 Å². The molecule has 0 radical (unpaired) electrons. The Kier molecular flexibility index (Phi) is 11.2. The maximum absolute atomic E-state index is 14.4. The minimum Gasteiger partial charge on any atom is -0.493 e. The van der Waals surface area contributed by atoms with E-state index in [0.717, 1.165) is 21.0 Å². The van der Waals surface area contributed by atoms with E-state index in [1.54, 1.807) is 24.3 Å². The van der Waals surface area contributed by atoms with E-state index >= 15 is 0 Å². The highest BCUT2D eigenvalue weighted by Crippen LogP contribution is 2.32. The Morgan fingerprint density at radius 3 is 1.98 bits per heavy atom. The lowest BCUT2D eigenvalue weighted by Crippen LogP contribution is -2.53. The summed E-state index contributed by atoms with van der Waals surface area (Å²) in [6.45, 7) is 3.64. The van der Waals surface area contributed by atoms with Gasteiger partial charge >= 0.3 is 0 Å². The molecule has 0 saturated heterocycles. The number of hydrogen-bond donors (Lipinski definition) is 1. The van der Waals surface area contributed by atoms with Crippen LogP contribution in [0.5, 0.6) is 11.5 Å². The summed E-state index contributed by atoms with van der Waals surface area (Å²) in [6, 6.07) is 29.0. The first kappa shape index (κ1) is 33.1. The summed E-state index contributed by atoms with van der Waals surface area (Å²) in [7, 11) is -1.41. The number of sulfonamides is 1. The van der Waals surface area contributed by atoms with E-state index in [1.807, 2.05) is 74.5 Å². The van der Waals surface area contributed by atoms with Gasteiger partial charge in [-0.1, -0.05) is 78.4 Å². The summed E-state index contributed by atoms with van der Waals surface area (Å²) in [6.07, 6.45) is 0.248. The molecule has 0 heterocycles. The van der Waals surface area contributed by atoms with E-state index < -0.39 is 28.5 Å². The Labute approximate surface area is 265 Å². The average molecular weight is 630 g/mol. The summed E-state index contributed by atoms with van der Waals surface area (Å²) in [5.74, 6) is -0.251. The Morgan fingerprint density at radius 1 is 0.800 bits per heavy atom. The standard InChI is InChI=1S/C35H39N3O6S/c1-5-36-35(40)31(22-27-12-8-6-9-13-27)37(24-28-14-10-7-11-15-28)34(39)25-38(29-18-16-26(2)17-19-29)45(41,42)30-20-21-32(43-3)33(23-30)44-4/h6-21,23,31H,5,22,24-25H2,1-4H3,(H,36,40)/t31-/m1/s1. The molecule has 1 atom stereocenters. The molecule has 2 amide bonds. The fourth-order valence-electron chi connectivity index (χ4n) is 4.97. The fraction of sp³-hybridized carbons (Fsp3) is 0.257. The first-order chi connectivity index (χ1) is 21.7. The van der Waals surface area contributed by atoms with Crippen molar-refractivity contribution in [2.75, 3.05) is 31.6 Å². The van der Waals surface area contributed by atoms with Crippen molar-refractivity contribution >= 4 is 27.5 Å². The minimum absolute atomic E-state index is 0.0762. The molecule has 0 aliphatic heterocycles. The van der Waals surface area contributed by atoms with Gasteiger partial charge in [-0.15, -0.1) is 0 Å². The summed E-state index contributed by atoms with van der Waals surface area (Å²) >= 11 is 0. The Hall–Kier alpha value is -4.83. The third kappa shape index (κ3) is 8.21. The maximum Gasteiger partial charge on any atom is 0.264 e. The molecule has 0 spiro atoms. The van der Waals surface area contributed by atoms with Crippen LogP contribution >= 0.6 is 0 Å². The highest BCUT2D eigenvalue weighted by molar-refractivity contribution is 7.92. The predicted octanol–water partition coefficient (Wildman–Crippen LogP) is 4.98. The molecule has 0 fully saturated rings. The molecule has 9 nitrogen and oxygen atoms in total. The van der Waals surface area contributed by atoms with Crippen molar-refractivity contribution < 1.29 is 27.5 Å². The molecule has 236 valence electrons. The molecule has 4 rings (SSSR count). The van der Waals surface area contributed by atoms with E-state index in [0.29, 0.717) is 18.0 Å². The molecule has 45 heavy (non-hydrogen) atoms. The molecule has 0 saturated carbocycles. The van der Waals surface area contributed by atoms with Crippen LogP contribution < -0.4 is 19.1 Å². The number of benzene rings is 4. The summed E-state index contributed by atoms with van der Waals surface area (Å²) in [4.78, 5) is 29.4. The van der Waals surface area contributed by atoms with E-state index in [2.05, 4.69) is 5.32 Å². The Morgan fingerprint density at radius 2 is 1.40 bits per heavy atom. The molecule has 0 bridgehead atoms.